The first-order chi connectivity index (χ1) is 8.84. The van der Waals surface area contributed by atoms with Crippen LogP contribution >= 0.6 is 0 Å². The molecule has 96 valence electrons. The van der Waals surface area contributed by atoms with Crippen molar-refractivity contribution in [3.05, 3.63) is 18.1 Å². The molecule has 0 unspecified atom stereocenters. The second kappa shape index (κ2) is 4.81. The van der Waals surface area contributed by atoms with E-state index in [0.29, 0.717) is 0 Å². The Labute approximate surface area is 105 Å². The van der Waals surface area contributed by atoms with Gasteiger partial charge in [-0.2, -0.15) is 4.98 Å². The summed E-state index contributed by atoms with van der Waals surface area (Å²) in [6.45, 7) is 5.91. The number of nitrogens with zero attached hydrogens (tertiary/aromatic N) is 3. The third kappa shape index (κ3) is 2.11. The maximum absolute atomic E-state index is 5.28. The molecular weight excluding hydrogens is 230 g/mol. The molecule has 0 amide bonds. The minimum Gasteiger partial charge on any atom is -0.469 e. The molecular formula is C12H17N5O. The standard InChI is InChI=1S/C12H17N5O/c1-9-10(3-8-18-9)11-14-12(16-15-11)17-6-2-4-13-5-7-17/h3,8,13H,2,4-7H2,1H3,(H,14,15,16). The number of nitrogens with one attached hydrogen (secondary N) is 2. The highest BCUT2D eigenvalue weighted by Gasteiger charge is 2.16. The number of aromatic amines is 1. The lowest BCUT2D eigenvalue weighted by Crippen LogP contribution is -2.28. The fourth-order valence-corrected chi connectivity index (χ4v) is 2.19. The summed E-state index contributed by atoms with van der Waals surface area (Å²) in [5.41, 5.74) is 0.974. The monoisotopic (exact) mass is 247 g/mol. The number of aromatic nitrogens is 3. The van der Waals surface area contributed by atoms with Crippen LogP contribution in [0.2, 0.25) is 0 Å². The minimum absolute atomic E-state index is 0.772. The molecule has 2 N–H and O–H groups in total. The Balaban J connectivity index is 1.82. The summed E-state index contributed by atoms with van der Waals surface area (Å²) < 4.78 is 5.28. The van der Waals surface area contributed by atoms with Gasteiger partial charge >= 0.3 is 0 Å². The van der Waals surface area contributed by atoms with Crippen molar-refractivity contribution in [1.82, 2.24) is 20.5 Å². The molecule has 0 saturated carbocycles. The Hall–Kier alpha value is -1.82. The van der Waals surface area contributed by atoms with Crippen LogP contribution in [-0.2, 0) is 0 Å². The van der Waals surface area contributed by atoms with E-state index in [2.05, 4.69) is 25.4 Å². The normalized spacial score (nSPS) is 16.8. The van der Waals surface area contributed by atoms with Crippen LogP contribution < -0.4 is 10.2 Å². The summed E-state index contributed by atoms with van der Waals surface area (Å²) in [7, 11) is 0. The summed E-state index contributed by atoms with van der Waals surface area (Å²) in [5, 5.41) is 10.7. The van der Waals surface area contributed by atoms with Crippen molar-refractivity contribution in [3.8, 4) is 11.4 Å². The van der Waals surface area contributed by atoms with Crippen molar-refractivity contribution in [3.63, 3.8) is 0 Å². The van der Waals surface area contributed by atoms with Gasteiger partial charge in [-0.1, -0.05) is 0 Å². The van der Waals surface area contributed by atoms with Crippen LogP contribution in [-0.4, -0.2) is 41.4 Å². The zero-order valence-electron chi connectivity index (χ0n) is 10.4. The predicted octanol–water partition coefficient (Wildman–Crippen LogP) is 1.17. The highest BCUT2D eigenvalue weighted by Crippen LogP contribution is 2.22. The van der Waals surface area contributed by atoms with Crippen molar-refractivity contribution in [2.45, 2.75) is 13.3 Å². The molecule has 1 fully saturated rings. The molecule has 2 aromatic heterocycles. The summed E-state index contributed by atoms with van der Waals surface area (Å²) in [6, 6.07) is 1.91. The number of H-pyrrole nitrogens is 1. The van der Waals surface area contributed by atoms with Crippen LogP contribution in [0.3, 0.4) is 0 Å². The van der Waals surface area contributed by atoms with Crippen LogP contribution in [0.4, 0.5) is 5.95 Å². The number of hydrogen-bond acceptors (Lipinski definition) is 5. The molecule has 0 spiro atoms. The smallest absolute Gasteiger partial charge is 0.245 e. The van der Waals surface area contributed by atoms with Crippen molar-refractivity contribution in [1.29, 1.82) is 0 Å². The number of hydrogen-bond donors (Lipinski definition) is 2. The molecule has 2 aromatic rings. The molecule has 0 aromatic carbocycles. The maximum atomic E-state index is 5.28. The molecule has 3 heterocycles. The van der Waals surface area contributed by atoms with Crippen LogP contribution in [0.25, 0.3) is 11.4 Å². The first-order valence-electron chi connectivity index (χ1n) is 6.27. The van der Waals surface area contributed by atoms with Crippen LogP contribution in [0.5, 0.6) is 0 Å². The quantitative estimate of drug-likeness (QED) is 0.833. The average Bonchev–Trinajstić information content (AvgIpc) is 2.91. The zero-order chi connectivity index (χ0) is 12.4. The van der Waals surface area contributed by atoms with Gasteiger partial charge in [0.1, 0.15) is 5.76 Å². The average molecular weight is 247 g/mol. The van der Waals surface area contributed by atoms with E-state index < -0.39 is 0 Å². The largest absolute Gasteiger partial charge is 0.469 e. The van der Waals surface area contributed by atoms with Gasteiger partial charge in [0, 0.05) is 19.6 Å². The van der Waals surface area contributed by atoms with Gasteiger partial charge in [0.2, 0.25) is 5.95 Å². The Morgan fingerprint density at radius 3 is 3.11 bits per heavy atom. The predicted molar refractivity (Wildman–Crippen MR) is 68.5 cm³/mol. The second-order valence-electron chi connectivity index (χ2n) is 4.47. The number of furan rings is 1. The Bertz CT molecular complexity index is 510. The molecule has 6 nitrogen and oxygen atoms in total. The molecule has 0 atom stereocenters. The van der Waals surface area contributed by atoms with E-state index in [-0.39, 0.29) is 0 Å². The van der Waals surface area contributed by atoms with E-state index in [4.69, 9.17) is 4.42 Å². The van der Waals surface area contributed by atoms with Crippen molar-refractivity contribution < 1.29 is 4.42 Å². The summed E-state index contributed by atoms with van der Waals surface area (Å²) in [6.07, 6.45) is 2.79. The van der Waals surface area contributed by atoms with E-state index in [1.54, 1.807) is 6.26 Å². The first-order valence-corrected chi connectivity index (χ1v) is 6.27. The summed E-state index contributed by atoms with van der Waals surface area (Å²) >= 11 is 0. The Morgan fingerprint density at radius 2 is 2.28 bits per heavy atom. The van der Waals surface area contributed by atoms with E-state index in [9.17, 15) is 0 Å². The lowest BCUT2D eigenvalue weighted by Gasteiger charge is -2.16. The highest BCUT2D eigenvalue weighted by molar-refractivity contribution is 5.58. The molecule has 1 aliphatic heterocycles. The molecule has 0 bridgehead atoms. The van der Waals surface area contributed by atoms with Crippen molar-refractivity contribution in [2.24, 2.45) is 0 Å². The van der Waals surface area contributed by atoms with Crippen LogP contribution in [0.1, 0.15) is 12.2 Å². The van der Waals surface area contributed by atoms with Gasteiger partial charge in [0.25, 0.3) is 0 Å². The molecule has 1 saturated heterocycles. The van der Waals surface area contributed by atoms with Gasteiger partial charge < -0.3 is 14.6 Å². The Kier molecular flexibility index (Phi) is 3.02. The summed E-state index contributed by atoms with van der Waals surface area (Å²) in [5.74, 6) is 2.40. The molecule has 18 heavy (non-hydrogen) atoms. The van der Waals surface area contributed by atoms with E-state index in [1.807, 2.05) is 13.0 Å². The van der Waals surface area contributed by atoms with E-state index >= 15 is 0 Å². The van der Waals surface area contributed by atoms with Gasteiger partial charge in [-0.15, -0.1) is 5.10 Å². The molecule has 3 rings (SSSR count). The zero-order valence-corrected chi connectivity index (χ0v) is 10.4. The van der Waals surface area contributed by atoms with Gasteiger partial charge in [-0.25, -0.2) is 0 Å². The maximum Gasteiger partial charge on any atom is 0.245 e. The van der Waals surface area contributed by atoms with Gasteiger partial charge in [-0.05, 0) is 26.0 Å². The van der Waals surface area contributed by atoms with Crippen molar-refractivity contribution in [2.75, 3.05) is 31.1 Å². The fraction of sp³-hybridized carbons (Fsp3) is 0.500. The molecule has 0 radical (unpaired) electrons. The van der Waals surface area contributed by atoms with Crippen LogP contribution in [0.15, 0.2) is 16.7 Å². The SMILES string of the molecule is Cc1occc1-c1nc(N2CCCNCC2)n[nH]1. The molecule has 0 aliphatic carbocycles. The van der Waals surface area contributed by atoms with E-state index in [1.165, 1.54) is 0 Å². The van der Waals surface area contributed by atoms with Gasteiger partial charge in [-0.3, -0.25) is 5.10 Å². The van der Waals surface area contributed by atoms with Crippen molar-refractivity contribution >= 4 is 5.95 Å². The highest BCUT2D eigenvalue weighted by atomic mass is 16.3. The lowest BCUT2D eigenvalue weighted by atomic mass is 10.2. The number of rotatable bonds is 2. The van der Waals surface area contributed by atoms with Gasteiger partial charge in [0.15, 0.2) is 5.82 Å². The fourth-order valence-electron chi connectivity index (χ4n) is 2.19. The third-order valence-electron chi connectivity index (χ3n) is 3.21. The number of anilines is 1. The van der Waals surface area contributed by atoms with Gasteiger partial charge in [0.05, 0.1) is 11.8 Å². The lowest BCUT2D eigenvalue weighted by molar-refractivity contribution is 0.535. The number of aryl methyl sites for hydroxylation is 1. The first kappa shape index (κ1) is 11.3. The Morgan fingerprint density at radius 1 is 1.33 bits per heavy atom. The van der Waals surface area contributed by atoms with Crippen LogP contribution in [0, 0.1) is 6.92 Å². The third-order valence-corrected chi connectivity index (χ3v) is 3.21. The topological polar surface area (TPSA) is 70.0 Å². The van der Waals surface area contributed by atoms with E-state index in [0.717, 1.165) is 55.7 Å². The second-order valence-corrected chi connectivity index (χ2v) is 4.47. The minimum atomic E-state index is 0.772. The summed E-state index contributed by atoms with van der Waals surface area (Å²) in [4.78, 5) is 6.75. The molecule has 6 heteroatoms. The molecule has 1 aliphatic rings.